The highest BCUT2D eigenvalue weighted by atomic mass is 35.5. The number of benzene rings is 2. The first kappa shape index (κ1) is 21.3. The van der Waals surface area contributed by atoms with Gasteiger partial charge in [-0.2, -0.15) is 0 Å². The first-order valence-corrected chi connectivity index (χ1v) is 9.68. The molecule has 1 atom stereocenters. The molecule has 30 heavy (non-hydrogen) atoms. The van der Waals surface area contributed by atoms with E-state index in [2.05, 4.69) is 10.6 Å². The molecule has 4 amide bonds. The molecule has 1 aliphatic heterocycles. The van der Waals surface area contributed by atoms with Crippen molar-refractivity contribution >= 4 is 40.9 Å². The van der Waals surface area contributed by atoms with Crippen molar-refractivity contribution in [1.29, 1.82) is 0 Å². The van der Waals surface area contributed by atoms with Gasteiger partial charge in [0.2, 0.25) is 11.8 Å². The van der Waals surface area contributed by atoms with Crippen LogP contribution < -0.4 is 20.3 Å². The summed E-state index contributed by atoms with van der Waals surface area (Å²) in [7, 11) is 0. The Morgan fingerprint density at radius 3 is 2.43 bits per heavy atom. The number of ether oxygens (including phenoxy) is 1. The summed E-state index contributed by atoms with van der Waals surface area (Å²) in [6, 6.07) is 15.6. The van der Waals surface area contributed by atoms with Gasteiger partial charge >= 0.3 is 11.8 Å². The third-order valence-corrected chi connectivity index (χ3v) is 4.73. The number of nitrogens with one attached hydrogen (secondary N) is 2. The lowest BCUT2D eigenvalue weighted by atomic mass is 10.1. The van der Waals surface area contributed by atoms with Gasteiger partial charge in [0.05, 0.1) is 12.5 Å². The zero-order valence-corrected chi connectivity index (χ0v) is 16.7. The van der Waals surface area contributed by atoms with Crippen LogP contribution in [0, 0.1) is 5.92 Å². The monoisotopic (exact) mass is 429 g/mol. The number of carbonyl (C=O) groups excluding carboxylic acids is 4. The van der Waals surface area contributed by atoms with Crippen LogP contribution in [0.5, 0.6) is 5.75 Å². The molecule has 9 heteroatoms. The van der Waals surface area contributed by atoms with Crippen LogP contribution >= 0.6 is 11.6 Å². The Labute approximate surface area is 178 Å². The second-order valence-corrected chi connectivity index (χ2v) is 7.05. The minimum Gasteiger partial charge on any atom is -0.492 e. The number of anilines is 1. The lowest BCUT2D eigenvalue weighted by molar-refractivity contribution is -0.143. The molecule has 8 nitrogen and oxygen atoms in total. The van der Waals surface area contributed by atoms with E-state index in [9.17, 15) is 19.2 Å². The summed E-state index contributed by atoms with van der Waals surface area (Å²) in [6.07, 6.45) is -0.0233. The van der Waals surface area contributed by atoms with E-state index in [-0.39, 0.29) is 32.0 Å². The van der Waals surface area contributed by atoms with Crippen LogP contribution in [0.3, 0.4) is 0 Å². The molecule has 1 heterocycles. The highest BCUT2D eigenvalue weighted by Gasteiger charge is 2.36. The number of amides is 4. The highest BCUT2D eigenvalue weighted by Crippen LogP contribution is 2.24. The number of nitrogens with zero attached hydrogens (tertiary/aromatic N) is 1. The fourth-order valence-corrected chi connectivity index (χ4v) is 3.08. The molecule has 2 aromatic carbocycles. The van der Waals surface area contributed by atoms with Crippen LogP contribution in [0.4, 0.5) is 5.69 Å². The molecular formula is C21H20ClN3O5. The summed E-state index contributed by atoms with van der Waals surface area (Å²) in [5, 5.41) is 5.00. The number of para-hydroxylation sites is 1. The van der Waals surface area contributed by atoms with Crippen LogP contribution in [0.1, 0.15) is 6.42 Å². The molecule has 1 fully saturated rings. The highest BCUT2D eigenvalue weighted by molar-refractivity contribution is 6.38. The Balaban J connectivity index is 1.41. The Morgan fingerprint density at radius 1 is 1.03 bits per heavy atom. The summed E-state index contributed by atoms with van der Waals surface area (Å²) < 4.78 is 5.40. The number of halogens is 1. The van der Waals surface area contributed by atoms with Crippen molar-refractivity contribution in [3.8, 4) is 5.75 Å². The van der Waals surface area contributed by atoms with E-state index in [4.69, 9.17) is 16.3 Å². The van der Waals surface area contributed by atoms with Gasteiger partial charge in [0.25, 0.3) is 0 Å². The second kappa shape index (κ2) is 9.89. The Bertz CT molecular complexity index is 933. The van der Waals surface area contributed by atoms with Crippen LogP contribution in [0.2, 0.25) is 5.02 Å². The zero-order chi connectivity index (χ0) is 21.5. The fraction of sp³-hybridized carbons (Fsp3) is 0.238. The lowest BCUT2D eigenvalue weighted by Gasteiger charge is -2.16. The van der Waals surface area contributed by atoms with Gasteiger partial charge in [0.1, 0.15) is 12.4 Å². The van der Waals surface area contributed by atoms with Crippen LogP contribution in [-0.2, 0) is 19.2 Å². The maximum atomic E-state index is 12.3. The first-order valence-electron chi connectivity index (χ1n) is 9.31. The minimum absolute atomic E-state index is 0.0233. The molecule has 2 N–H and O–H groups in total. The molecule has 1 saturated heterocycles. The molecule has 0 unspecified atom stereocenters. The number of carbonyl (C=O) groups is 4. The third kappa shape index (κ3) is 5.57. The molecule has 2 aromatic rings. The fourth-order valence-electron chi connectivity index (χ4n) is 2.96. The van der Waals surface area contributed by atoms with Crippen molar-refractivity contribution < 1.29 is 23.9 Å². The lowest BCUT2D eigenvalue weighted by Crippen LogP contribution is -2.46. The summed E-state index contributed by atoms with van der Waals surface area (Å²) in [6.45, 7) is 0.364. The van der Waals surface area contributed by atoms with E-state index >= 15 is 0 Å². The van der Waals surface area contributed by atoms with Crippen molar-refractivity contribution in [2.75, 3.05) is 24.6 Å². The number of hydrogen-bond acceptors (Lipinski definition) is 5. The SMILES string of the molecule is O=C(NCCOc1ccc(Cl)cc1)C(=O)NC(=O)[C@H]1CC(=O)N(c2ccccc2)C1. The number of hydrogen-bond donors (Lipinski definition) is 2. The largest absolute Gasteiger partial charge is 0.492 e. The van der Waals surface area contributed by atoms with Crippen LogP contribution in [-0.4, -0.2) is 43.3 Å². The zero-order valence-electron chi connectivity index (χ0n) is 16.0. The molecule has 156 valence electrons. The van der Waals surface area contributed by atoms with Crippen molar-refractivity contribution in [2.24, 2.45) is 5.92 Å². The number of imide groups is 1. The van der Waals surface area contributed by atoms with E-state index in [0.29, 0.717) is 16.5 Å². The van der Waals surface area contributed by atoms with E-state index < -0.39 is 23.6 Å². The minimum atomic E-state index is -1.07. The average molecular weight is 430 g/mol. The second-order valence-electron chi connectivity index (χ2n) is 6.62. The van der Waals surface area contributed by atoms with Crippen LogP contribution in [0.25, 0.3) is 0 Å². The van der Waals surface area contributed by atoms with Crippen molar-refractivity contribution in [3.05, 3.63) is 59.6 Å². The summed E-state index contributed by atoms with van der Waals surface area (Å²) in [4.78, 5) is 49.8. The molecule has 3 rings (SSSR count). The molecule has 0 saturated carbocycles. The van der Waals surface area contributed by atoms with Crippen molar-refractivity contribution in [1.82, 2.24) is 10.6 Å². The van der Waals surface area contributed by atoms with Gasteiger partial charge in [0.15, 0.2) is 0 Å². The predicted molar refractivity (Wildman–Crippen MR) is 110 cm³/mol. The topological polar surface area (TPSA) is 105 Å². The van der Waals surface area contributed by atoms with Crippen LogP contribution in [0.15, 0.2) is 54.6 Å². The molecule has 0 aromatic heterocycles. The molecule has 0 spiro atoms. The van der Waals surface area contributed by atoms with E-state index in [1.54, 1.807) is 48.5 Å². The quantitative estimate of drug-likeness (QED) is 0.535. The van der Waals surface area contributed by atoms with Gasteiger partial charge in [-0.05, 0) is 36.4 Å². The summed E-state index contributed by atoms with van der Waals surface area (Å²) in [5.41, 5.74) is 0.683. The van der Waals surface area contributed by atoms with Gasteiger partial charge in [-0.15, -0.1) is 0 Å². The third-order valence-electron chi connectivity index (χ3n) is 4.48. The molecule has 1 aliphatic rings. The normalized spacial score (nSPS) is 15.6. The van der Waals surface area contributed by atoms with Gasteiger partial charge in [0, 0.05) is 23.7 Å². The maximum absolute atomic E-state index is 12.3. The number of rotatable bonds is 6. The predicted octanol–water partition coefficient (Wildman–Crippen LogP) is 1.53. The summed E-state index contributed by atoms with van der Waals surface area (Å²) >= 11 is 5.78. The molecule has 0 radical (unpaired) electrons. The van der Waals surface area contributed by atoms with Gasteiger partial charge in [-0.25, -0.2) is 0 Å². The Hall–Kier alpha value is -3.39. The standard InChI is InChI=1S/C21H20ClN3O5/c22-15-6-8-17(9-7-15)30-11-10-23-20(28)21(29)24-19(27)14-12-18(26)25(13-14)16-4-2-1-3-5-16/h1-9,14H,10-13H2,(H,23,28)(H,24,27,29)/t14-/m0/s1. The van der Waals surface area contributed by atoms with Gasteiger partial charge < -0.3 is 15.0 Å². The average Bonchev–Trinajstić information content (AvgIpc) is 3.14. The van der Waals surface area contributed by atoms with E-state index in [1.807, 2.05) is 6.07 Å². The molecular weight excluding hydrogens is 410 g/mol. The first-order chi connectivity index (χ1) is 14.4. The maximum Gasteiger partial charge on any atom is 0.315 e. The Morgan fingerprint density at radius 2 is 1.73 bits per heavy atom. The van der Waals surface area contributed by atoms with Gasteiger partial charge in [-0.1, -0.05) is 29.8 Å². The van der Waals surface area contributed by atoms with Crippen molar-refractivity contribution in [3.63, 3.8) is 0 Å². The van der Waals surface area contributed by atoms with E-state index in [0.717, 1.165) is 0 Å². The van der Waals surface area contributed by atoms with Crippen molar-refractivity contribution in [2.45, 2.75) is 6.42 Å². The summed E-state index contributed by atoms with van der Waals surface area (Å²) in [5.74, 6) is -3.02. The molecule has 0 bridgehead atoms. The Kier molecular flexibility index (Phi) is 7.03. The molecule has 0 aliphatic carbocycles. The van der Waals surface area contributed by atoms with Gasteiger partial charge in [-0.3, -0.25) is 24.5 Å². The van der Waals surface area contributed by atoms with E-state index in [1.165, 1.54) is 4.90 Å². The smallest absolute Gasteiger partial charge is 0.315 e.